The molecule has 0 fully saturated rings. The third-order valence-corrected chi connectivity index (χ3v) is 4.38. The van der Waals surface area contributed by atoms with E-state index in [2.05, 4.69) is 23.3 Å². The Balaban J connectivity index is 1.89. The molecule has 1 aliphatic rings. The average molecular weight is 310 g/mol. The van der Waals surface area contributed by atoms with Crippen molar-refractivity contribution in [2.24, 2.45) is 0 Å². The lowest BCUT2D eigenvalue weighted by atomic mass is 9.94. The van der Waals surface area contributed by atoms with Gasteiger partial charge in [-0.25, -0.2) is 4.98 Å². The Morgan fingerprint density at radius 2 is 2.13 bits per heavy atom. The number of nitrogens with zero attached hydrogens (tertiary/aromatic N) is 1. The monoisotopic (exact) mass is 310 g/mol. The van der Waals surface area contributed by atoms with Crippen LogP contribution in [-0.4, -0.2) is 24.0 Å². The molecular weight excluding hydrogens is 288 g/mol. The number of carbonyl (C=O) groups is 1. The first-order chi connectivity index (χ1) is 11.2. The Morgan fingerprint density at radius 3 is 2.87 bits per heavy atom. The van der Waals surface area contributed by atoms with Crippen molar-refractivity contribution in [2.75, 3.05) is 7.11 Å². The maximum Gasteiger partial charge on any atom is 0.252 e. The van der Waals surface area contributed by atoms with E-state index in [1.165, 1.54) is 18.4 Å². The molecule has 1 aromatic heterocycles. The van der Waals surface area contributed by atoms with E-state index in [1.54, 1.807) is 13.2 Å². The molecule has 4 nitrogen and oxygen atoms in total. The summed E-state index contributed by atoms with van der Waals surface area (Å²) in [7, 11) is 1.56. The van der Waals surface area contributed by atoms with Crippen LogP contribution in [0.1, 0.15) is 43.0 Å². The summed E-state index contributed by atoms with van der Waals surface area (Å²) in [5.41, 5.74) is 2.70. The van der Waals surface area contributed by atoms with Gasteiger partial charge in [0.2, 0.25) is 5.88 Å². The predicted molar refractivity (Wildman–Crippen MR) is 91.8 cm³/mol. The number of nitrogens with one attached hydrogen (secondary N) is 1. The Morgan fingerprint density at radius 1 is 1.30 bits per heavy atom. The molecule has 3 rings (SSSR count). The van der Waals surface area contributed by atoms with Crippen LogP contribution in [0.5, 0.6) is 5.88 Å². The van der Waals surface area contributed by atoms with Crippen molar-refractivity contribution in [3.05, 3.63) is 47.5 Å². The minimum absolute atomic E-state index is 0.0562. The molecule has 1 heterocycles. The smallest absolute Gasteiger partial charge is 0.252 e. The first-order valence-electron chi connectivity index (χ1n) is 8.12. The Labute approximate surface area is 136 Å². The van der Waals surface area contributed by atoms with E-state index in [9.17, 15) is 4.79 Å². The molecule has 1 aliphatic carbocycles. The van der Waals surface area contributed by atoms with Crippen molar-refractivity contribution in [3.8, 4) is 5.88 Å². The number of para-hydroxylation sites is 1. The van der Waals surface area contributed by atoms with Crippen LogP contribution in [0.25, 0.3) is 10.9 Å². The van der Waals surface area contributed by atoms with Gasteiger partial charge in [-0.3, -0.25) is 4.79 Å². The summed E-state index contributed by atoms with van der Waals surface area (Å²) in [4.78, 5) is 17.2. The predicted octanol–water partition coefficient (Wildman–Crippen LogP) is 3.86. The third-order valence-electron chi connectivity index (χ3n) is 4.38. The number of allylic oxidation sites excluding steroid dienone is 1. The number of hydrogen-bond donors (Lipinski definition) is 1. The summed E-state index contributed by atoms with van der Waals surface area (Å²) in [5.74, 6) is 0.374. The number of amides is 1. The lowest BCUT2D eigenvalue weighted by Crippen LogP contribution is -2.34. The Hall–Kier alpha value is -2.36. The number of benzene rings is 1. The van der Waals surface area contributed by atoms with E-state index in [-0.39, 0.29) is 11.9 Å². The van der Waals surface area contributed by atoms with Crippen molar-refractivity contribution in [2.45, 2.75) is 38.6 Å². The first kappa shape index (κ1) is 15.5. The van der Waals surface area contributed by atoms with Gasteiger partial charge in [0, 0.05) is 17.5 Å². The van der Waals surface area contributed by atoms with Crippen molar-refractivity contribution in [1.82, 2.24) is 10.3 Å². The molecule has 0 saturated carbocycles. The van der Waals surface area contributed by atoms with Gasteiger partial charge < -0.3 is 10.1 Å². The summed E-state index contributed by atoms with van der Waals surface area (Å²) in [6.45, 7) is 2.05. The highest BCUT2D eigenvalue weighted by Gasteiger charge is 2.18. The molecule has 1 aromatic carbocycles. The normalized spacial score (nSPS) is 15.8. The van der Waals surface area contributed by atoms with Crippen molar-refractivity contribution in [3.63, 3.8) is 0 Å². The summed E-state index contributed by atoms with van der Waals surface area (Å²) in [6.07, 6.45) is 6.90. The fourth-order valence-electron chi connectivity index (χ4n) is 3.07. The average Bonchev–Trinajstić information content (AvgIpc) is 2.61. The largest absolute Gasteiger partial charge is 0.481 e. The molecule has 4 heteroatoms. The SMILES string of the molecule is COc1cc(C(=O)N[C@@H](C)C2=CCCCC2)c2ccccc2n1. The Bertz CT molecular complexity index is 752. The molecule has 0 bridgehead atoms. The molecule has 0 aliphatic heterocycles. The van der Waals surface area contributed by atoms with E-state index in [0.29, 0.717) is 11.4 Å². The van der Waals surface area contributed by atoms with E-state index >= 15 is 0 Å². The minimum Gasteiger partial charge on any atom is -0.481 e. The van der Waals surface area contributed by atoms with Gasteiger partial charge in [-0.1, -0.05) is 29.8 Å². The first-order valence-corrected chi connectivity index (χ1v) is 8.12. The van der Waals surface area contributed by atoms with Crippen LogP contribution in [0.2, 0.25) is 0 Å². The van der Waals surface area contributed by atoms with E-state index in [4.69, 9.17) is 4.74 Å². The van der Waals surface area contributed by atoms with Gasteiger partial charge in [-0.15, -0.1) is 0 Å². The van der Waals surface area contributed by atoms with Gasteiger partial charge in [0.05, 0.1) is 18.2 Å². The van der Waals surface area contributed by atoms with Crippen LogP contribution < -0.4 is 10.1 Å². The van der Waals surface area contributed by atoms with Gasteiger partial charge in [0.15, 0.2) is 0 Å². The molecule has 23 heavy (non-hydrogen) atoms. The molecule has 1 N–H and O–H groups in total. The second kappa shape index (κ2) is 6.82. The van der Waals surface area contributed by atoms with Crippen LogP contribution in [0.4, 0.5) is 0 Å². The number of ether oxygens (including phenoxy) is 1. The van der Waals surface area contributed by atoms with Crippen LogP contribution in [0.15, 0.2) is 42.0 Å². The second-order valence-electron chi connectivity index (χ2n) is 5.95. The lowest BCUT2D eigenvalue weighted by molar-refractivity contribution is 0.0945. The molecule has 0 saturated heterocycles. The summed E-state index contributed by atoms with van der Waals surface area (Å²) >= 11 is 0. The van der Waals surface area contributed by atoms with Crippen LogP contribution in [-0.2, 0) is 0 Å². The number of aromatic nitrogens is 1. The van der Waals surface area contributed by atoms with Gasteiger partial charge in [0.25, 0.3) is 5.91 Å². The van der Waals surface area contributed by atoms with Gasteiger partial charge >= 0.3 is 0 Å². The summed E-state index contributed by atoms with van der Waals surface area (Å²) in [5, 5.41) is 3.96. The molecule has 2 aromatic rings. The molecule has 0 unspecified atom stereocenters. The highest BCUT2D eigenvalue weighted by Crippen LogP contribution is 2.23. The quantitative estimate of drug-likeness (QED) is 0.872. The summed E-state index contributed by atoms with van der Waals surface area (Å²) < 4.78 is 5.23. The molecule has 0 spiro atoms. The highest BCUT2D eigenvalue weighted by atomic mass is 16.5. The fourth-order valence-corrected chi connectivity index (χ4v) is 3.07. The zero-order valence-corrected chi connectivity index (χ0v) is 13.6. The number of pyridine rings is 1. The number of methoxy groups -OCH3 is 1. The number of rotatable bonds is 4. The van der Waals surface area contributed by atoms with E-state index < -0.39 is 0 Å². The van der Waals surface area contributed by atoms with Gasteiger partial charge in [-0.2, -0.15) is 0 Å². The van der Waals surface area contributed by atoms with E-state index in [1.807, 2.05) is 24.3 Å². The lowest BCUT2D eigenvalue weighted by Gasteiger charge is -2.21. The summed E-state index contributed by atoms with van der Waals surface area (Å²) in [6, 6.07) is 9.40. The maximum atomic E-state index is 12.8. The topological polar surface area (TPSA) is 51.2 Å². The maximum absolute atomic E-state index is 12.8. The molecule has 120 valence electrons. The molecule has 1 atom stereocenters. The zero-order valence-electron chi connectivity index (χ0n) is 13.6. The van der Waals surface area contributed by atoms with Gasteiger partial charge in [0.1, 0.15) is 0 Å². The second-order valence-corrected chi connectivity index (χ2v) is 5.95. The van der Waals surface area contributed by atoms with E-state index in [0.717, 1.165) is 23.7 Å². The van der Waals surface area contributed by atoms with Crippen LogP contribution in [0.3, 0.4) is 0 Å². The molecular formula is C19H22N2O2. The van der Waals surface area contributed by atoms with Gasteiger partial charge in [-0.05, 0) is 38.7 Å². The van der Waals surface area contributed by atoms with Crippen molar-refractivity contribution in [1.29, 1.82) is 0 Å². The zero-order chi connectivity index (χ0) is 16.2. The number of fused-ring (bicyclic) bond motifs is 1. The van der Waals surface area contributed by atoms with Crippen molar-refractivity contribution < 1.29 is 9.53 Å². The van der Waals surface area contributed by atoms with Crippen molar-refractivity contribution >= 4 is 16.8 Å². The van der Waals surface area contributed by atoms with Crippen LogP contribution in [0, 0.1) is 0 Å². The third kappa shape index (κ3) is 3.36. The van der Waals surface area contributed by atoms with Crippen LogP contribution >= 0.6 is 0 Å². The highest BCUT2D eigenvalue weighted by molar-refractivity contribution is 6.06. The Kier molecular flexibility index (Phi) is 4.60. The molecule has 0 radical (unpaired) electrons. The number of carbonyl (C=O) groups excluding carboxylic acids is 1. The minimum atomic E-state index is -0.0825. The fraction of sp³-hybridized carbons (Fsp3) is 0.368. The standard InChI is InChI=1S/C19H22N2O2/c1-13(14-8-4-3-5-9-14)20-19(22)16-12-18(23-2)21-17-11-7-6-10-15(16)17/h6-8,10-13H,3-5,9H2,1-2H3,(H,20,22)/t13-/m0/s1. The molecule has 1 amide bonds. The number of hydrogen-bond acceptors (Lipinski definition) is 3.